The summed E-state index contributed by atoms with van der Waals surface area (Å²) in [4.78, 5) is 93.1. The molecule has 0 saturated heterocycles. The second kappa shape index (κ2) is 27.3. The summed E-state index contributed by atoms with van der Waals surface area (Å²) in [6.07, 6.45) is 3.44. The molecule has 0 bridgehead atoms. The summed E-state index contributed by atoms with van der Waals surface area (Å²) in [5, 5.41) is 14.3. The molecule has 0 aliphatic carbocycles. The molecule has 5 atom stereocenters. The molecule has 2 aromatic heterocycles. The van der Waals surface area contributed by atoms with Crippen LogP contribution in [0.2, 0.25) is 0 Å². The van der Waals surface area contributed by atoms with Crippen molar-refractivity contribution in [3.63, 3.8) is 0 Å². The summed E-state index contributed by atoms with van der Waals surface area (Å²) < 4.78 is 35.8. The number of hydrogen-bond acceptors (Lipinski definition) is 12. The van der Waals surface area contributed by atoms with Crippen molar-refractivity contribution in [2.24, 2.45) is 5.73 Å². The molecule has 0 fully saturated rings. The van der Waals surface area contributed by atoms with Gasteiger partial charge in [0.1, 0.15) is 36.8 Å². The van der Waals surface area contributed by atoms with E-state index in [-0.39, 0.29) is 51.9 Å². The summed E-state index contributed by atoms with van der Waals surface area (Å²) in [7, 11) is -3.47. The second-order valence-electron chi connectivity index (χ2n) is 17.0. The number of hydrogen-bond donors (Lipinski definition) is 8. The van der Waals surface area contributed by atoms with Crippen LogP contribution in [0.1, 0.15) is 54.3 Å². The van der Waals surface area contributed by atoms with E-state index in [1.807, 2.05) is 60.7 Å². The van der Waals surface area contributed by atoms with Crippen LogP contribution in [0.3, 0.4) is 0 Å². The average molecular weight is 1020 g/mol. The molecule has 386 valence electrons. The summed E-state index contributed by atoms with van der Waals surface area (Å²) in [6.45, 7) is 4.77. The highest BCUT2D eigenvalue weighted by molar-refractivity contribution is 7.53. The maximum atomic E-state index is 14.8. The fourth-order valence-corrected chi connectivity index (χ4v) is 9.39. The Kier molecular flexibility index (Phi) is 20.4. The predicted molar refractivity (Wildman–Crippen MR) is 271 cm³/mol. The second-order valence-corrected chi connectivity index (χ2v) is 19.1. The standard InChI is InChI=1S/C52H62N9O11P/c1-4-71-73(68,72-5-2)32-38-22-20-35(21-23-38)24-43(58-50(65)45(26-40-28-54-33-56-40)61-52(67)70-30-37-16-10-7-11-17-37)49(64)60-46(31-69-29-36-14-8-6-9-15-36)51(66)59-44(48(63)57-34(3)47(53)62)25-39-27-55-42-19-13-12-18-41(39)42/h6-23,27-28,33-34,43-46,55H,4-5,24-26,29-32H2,1-3H3,(H2,53,62)(H,54,56)(H,57,63)(H,58,65)(H,59,66)(H,60,64)(H,61,67)/t34-,43?,44+,45+,46+/m0/s1. The molecule has 20 nitrogen and oxygen atoms in total. The van der Waals surface area contributed by atoms with Crippen molar-refractivity contribution < 1.29 is 51.9 Å². The highest BCUT2D eigenvalue weighted by Gasteiger charge is 2.34. The number of nitrogens with two attached hydrogens (primary N) is 1. The van der Waals surface area contributed by atoms with Gasteiger partial charge in [-0.1, -0.05) is 103 Å². The first kappa shape index (κ1) is 54.7. The van der Waals surface area contributed by atoms with E-state index in [0.29, 0.717) is 27.9 Å². The van der Waals surface area contributed by atoms with E-state index in [9.17, 15) is 33.3 Å². The largest absolute Gasteiger partial charge is 0.445 e. The van der Waals surface area contributed by atoms with Crippen molar-refractivity contribution in [1.29, 1.82) is 0 Å². The predicted octanol–water partition coefficient (Wildman–Crippen LogP) is 4.64. The van der Waals surface area contributed by atoms with Gasteiger partial charge in [0.05, 0.1) is 38.9 Å². The highest BCUT2D eigenvalue weighted by Crippen LogP contribution is 2.51. The van der Waals surface area contributed by atoms with Crippen LogP contribution in [-0.4, -0.2) is 101 Å². The van der Waals surface area contributed by atoms with E-state index in [1.165, 1.54) is 19.4 Å². The Morgan fingerprint density at radius 3 is 1.78 bits per heavy atom. The number of aromatic nitrogens is 3. The van der Waals surface area contributed by atoms with Crippen molar-refractivity contribution in [1.82, 2.24) is 41.5 Å². The van der Waals surface area contributed by atoms with Crippen LogP contribution < -0.4 is 32.3 Å². The van der Waals surface area contributed by atoms with Crippen molar-refractivity contribution in [2.45, 2.75) is 89.6 Å². The van der Waals surface area contributed by atoms with Crippen LogP contribution in [0, 0.1) is 0 Å². The van der Waals surface area contributed by atoms with E-state index < -0.39 is 80.0 Å². The van der Waals surface area contributed by atoms with E-state index >= 15 is 0 Å². The summed E-state index contributed by atoms with van der Waals surface area (Å²) in [6, 6.07) is 25.7. The van der Waals surface area contributed by atoms with Crippen molar-refractivity contribution in [3.8, 4) is 0 Å². The number of para-hydroxylation sites is 1. The Balaban J connectivity index is 1.29. The molecule has 0 aliphatic rings. The van der Waals surface area contributed by atoms with Gasteiger partial charge in [-0.2, -0.15) is 0 Å². The number of nitrogens with zero attached hydrogens (tertiary/aromatic N) is 1. The molecule has 0 radical (unpaired) electrons. The van der Waals surface area contributed by atoms with Crippen LogP contribution in [0.15, 0.2) is 128 Å². The van der Waals surface area contributed by atoms with Gasteiger partial charge in [-0.3, -0.25) is 28.5 Å². The van der Waals surface area contributed by atoms with E-state index in [2.05, 4.69) is 41.5 Å². The molecular formula is C52H62N9O11P. The van der Waals surface area contributed by atoms with Crippen LogP contribution in [0.4, 0.5) is 4.79 Å². The van der Waals surface area contributed by atoms with Crippen molar-refractivity contribution in [3.05, 3.63) is 161 Å². The molecule has 0 saturated carbocycles. The number of fused-ring (bicyclic) bond motifs is 1. The number of aromatic amines is 2. The Morgan fingerprint density at radius 1 is 0.616 bits per heavy atom. The lowest BCUT2D eigenvalue weighted by atomic mass is 10.0. The molecule has 1 unspecified atom stereocenters. The monoisotopic (exact) mass is 1020 g/mol. The number of benzene rings is 4. The molecule has 6 aromatic rings. The first-order valence-corrected chi connectivity index (χ1v) is 25.5. The number of nitrogens with one attached hydrogen (secondary N) is 7. The Hall–Kier alpha value is -7.64. The van der Waals surface area contributed by atoms with Crippen molar-refractivity contribution in [2.75, 3.05) is 19.8 Å². The summed E-state index contributed by atoms with van der Waals surface area (Å²) in [5.74, 6) is -3.95. The van der Waals surface area contributed by atoms with E-state index in [0.717, 1.165) is 16.5 Å². The summed E-state index contributed by atoms with van der Waals surface area (Å²) in [5.41, 5.74) is 10.1. The van der Waals surface area contributed by atoms with Gasteiger partial charge in [0.25, 0.3) is 0 Å². The third-order valence-electron chi connectivity index (χ3n) is 11.5. The number of carbonyl (C=O) groups excluding carboxylic acids is 6. The minimum Gasteiger partial charge on any atom is -0.445 e. The van der Waals surface area contributed by atoms with Crippen LogP contribution >= 0.6 is 7.60 Å². The molecule has 0 aliphatic heterocycles. The number of primary amides is 1. The molecule has 2 heterocycles. The molecule has 0 spiro atoms. The minimum absolute atomic E-state index is 0.0164. The highest BCUT2D eigenvalue weighted by atomic mass is 31.2. The smallest absolute Gasteiger partial charge is 0.408 e. The SMILES string of the molecule is CCOP(=O)(Cc1ccc(CC(NC(=O)[C@@H](Cc2cnc[nH]2)NC(=O)OCc2ccccc2)C(=O)N[C@H](COCc2ccccc2)C(=O)N[C@H](Cc2c[nH]c3ccccc23)C(=O)N[C@@H](C)C(N)=O)cc1)OCC. The Bertz CT molecular complexity index is 2790. The van der Waals surface area contributed by atoms with Crippen LogP contribution in [0.25, 0.3) is 10.9 Å². The first-order valence-electron chi connectivity index (χ1n) is 23.8. The molecule has 9 N–H and O–H groups in total. The normalized spacial score (nSPS) is 13.4. The number of H-pyrrole nitrogens is 2. The number of carbonyl (C=O) groups is 6. The van der Waals surface area contributed by atoms with Gasteiger partial charge in [0, 0.05) is 48.3 Å². The van der Waals surface area contributed by atoms with Crippen LogP contribution in [0.5, 0.6) is 0 Å². The first-order chi connectivity index (χ1) is 35.2. The maximum absolute atomic E-state index is 14.8. The lowest BCUT2D eigenvalue weighted by Crippen LogP contribution is -2.60. The number of ether oxygens (including phenoxy) is 2. The van der Waals surface area contributed by atoms with Gasteiger partial charge in [-0.25, -0.2) is 9.78 Å². The zero-order chi connectivity index (χ0) is 52.2. The Labute approximate surface area is 422 Å². The molecule has 73 heavy (non-hydrogen) atoms. The minimum atomic E-state index is -3.47. The van der Waals surface area contributed by atoms with Gasteiger partial charge < -0.3 is 60.8 Å². The molecule has 6 amide bonds. The number of rotatable bonds is 28. The zero-order valence-electron chi connectivity index (χ0n) is 40.8. The molecular weight excluding hydrogens is 958 g/mol. The lowest BCUT2D eigenvalue weighted by molar-refractivity contribution is -0.135. The lowest BCUT2D eigenvalue weighted by Gasteiger charge is -2.27. The Morgan fingerprint density at radius 2 is 1.16 bits per heavy atom. The fourth-order valence-electron chi connectivity index (χ4n) is 7.69. The fraction of sp³-hybridized carbons (Fsp3) is 0.327. The van der Waals surface area contributed by atoms with Gasteiger partial charge in [-0.15, -0.1) is 0 Å². The summed E-state index contributed by atoms with van der Waals surface area (Å²) >= 11 is 0. The molecule has 4 aromatic carbocycles. The topological polar surface area (TPSA) is 287 Å². The molecule has 21 heteroatoms. The van der Waals surface area contributed by atoms with E-state index in [1.54, 1.807) is 68.6 Å². The quantitative estimate of drug-likeness (QED) is 0.0312. The number of alkyl carbamates (subject to hydrolysis) is 1. The van der Waals surface area contributed by atoms with E-state index in [4.69, 9.17) is 24.3 Å². The number of imidazole rings is 1. The maximum Gasteiger partial charge on any atom is 0.408 e. The number of amides is 6. The van der Waals surface area contributed by atoms with Gasteiger partial charge in [0.2, 0.25) is 29.5 Å². The van der Waals surface area contributed by atoms with Crippen molar-refractivity contribution >= 4 is 54.1 Å². The molecule has 6 rings (SSSR count). The van der Waals surface area contributed by atoms with Gasteiger partial charge in [-0.05, 0) is 54.7 Å². The third-order valence-corrected chi connectivity index (χ3v) is 13.5. The van der Waals surface area contributed by atoms with Crippen LogP contribution in [-0.2, 0) is 85.7 Å². The van der Waals surface area contributed by atoms with Gasteiger partial charge >= 0.3 is 13.7 Å². The van der Waals surface area contributed by atoms with Gasteiger partial charge in [0.15, 0.2) is 0 Å². The average Bonchev–Trinajstić information content (AvgIpc) is 4.06. The third kappa shape index (κ3) is 17.0. The zero-order valence-corrected chi connectivity index (χ0v) is 41.7.